The maximum atomic E-state index is 13.7. The summed E-state index contributed by atoms with van der Waals surface area (Å²) < 4.78 is 50.1. The summed E-state index contributed by atoms with van der Waals surface area (Å²) >= 11 is 0. The summed E-state index contributed by atoms with van der Waals surface area (Å²) in [4.78, 5) is 44.8. The Kier molecular flexibility index (Phi) is 20.0. The number of fused-ring (bicyclic) bond motifs is 1. The van der Waals surface area contributed by atoms with Crippen LogP contribution in [0, 0.1) is 11.8 Å². The largest absolute Gasteiger partial charge is 0.462 e. The first-order valence-electron chi connectivity index (χ1n) is 23.1. The molecule has 2 fully saturated rings. The number of para-hydroxylation sites is 1. The molecule has 3 N–H and O–H groups in total. The molecule has 1 aromatic carbocycles. The first-order valence-corrected chi connectivity index (χ1v) is 23.1. The van der Waals surface area contributed by atoms with Crippen molar-refractivity contribution in [3.63, 3.8) is 0 Å². The van der Waals surface area contributed by atoms with E-state index in [1.54, 1.807) is 78.0 Å². The van der Waals surface area contributed by atoms with Gasteiger partial charge in [0, 0.05) is 44.4 Å². The summed E-state index contributed by atoms with van der Waals surface area (Å²) in [6, 6.07) is 9.05. The Hall–Kier alpha value is -3.94. The quantitative estimate of drug-likeness (QED) is 0.167. The monoisotopic (exact) mass is 924 g/mol. The Labute approximate surface area is 389 Å². The Morgan fingerprint density at radius 3 is 2.48 bits per heavy atom. The molecular formula is C50H72N2O14. The van der Waals surface area contributed by atoms with Crippen molar-refractivity contribution in [2.24, 2.45) is 11.8 Å². The molecule has 4 heterocycles. The van der Waals surface area contributed by atoms with E-state index in [4.69, 9.17) is 37.9 Å². The number of hydrogen-bond acceptors (Lipinski definition) is 16. The number of rotatable bonds is 14. The minimum absolute atomic E-state index is 0.0266. The third-order valence-corrected chi connectivity index (χ3v) is 12.6. The van der Waals surface area contributed by atoms with Crippen LogP contribution in [0.2, 0.25) is 0 Å². The molecule has 16 atom stereocenters. The average Bonchev–Trinajstić information content (AvgIpc) is 3.26. The summed E-state index contributed by atoms with van der Waals surface area (Å²) in [5.74, 6) is -2.01. The molecule has 0 radical (unpaired) electrons. The number of carbonyl (C=O) groups is 3. The molecule has 0 aliphatic carbocycles. The third-order valence-electron chi connectivity index (χ3n) is 12.6. The zero-order valence-electron chi connectivity index (χ0n) is 39.8. The van der Waals surface area contributed by atoms with E-state index in [0.29, 0.717) is 6.42 Å². The number of ether oxygens (including phenoxy) is 8. The maximum absolute atomic E-state index is 13.7. The van der Waals surface area contributed by atoms with Crippen LogP contribution in [-0.4, -0.2) is 157 Å². The second-order valence-corrected chi connectivity index (χ2v) is 18.3. The molecule has 16 nitrogen and oxygen atoms in total. The van der Waals surface area contributed by atoms with Gasteiger partial charge in [-0.3, -0.25) is 14.6 Å². The molecule has 0 unspecified atom stereocenters. The number of nitrogens with zero attached hydrogens (tertiary/aromatic N) is 2. The predicted molar refractivity (Wildman–Crippen MR) is 246 cm³/mol. The van der Waals surface area contributed by atoms with Gasteiger partial charge in [0.05, 0.1) is 55.1 Å². The highest BCUT2D eigenvalue weighted by atomic mass is 16.7. The van der Waals surface area contributed by atoms with Crippen molar-refractivity contribution in [2.75, 3.05) is 27.8 Å². The lowest BCUT2D eigenvalue weighted by Crippen LogP contribution is -2.66. The van der Waals surface area contributed by atoms with Crippen LogP contribution in [0.3, 0.4) is 0 Å². The van der Waals surface area contributed by atoms with Crippen LogP contribution in [0.5, 0.6) is 0 Å². The van der Waals surface area contributed by atoms with E-state index in [1.165, 1.54) is 7.11 Å². The number of aliphatic hydroxyl groups excluding tert-OH is 2. The summed E-state index contributed by atoms with van der Waals surface area (Å²) in [5.41, 5.74) is 0.229. The third kappa shape index (κ3) is 14.3. The molecule has 66 heavy (non-hydrogen) atoms. The lowest BCUT2D eigenvalue weighted by Gasteiger charge is -2.50. The SMILES string of the molecule is CCC(=O)O[C@H]1[C@H](C)O[C@@H](O[C@H]2[C@H](N(C)C)[C@@H](O)[C@H](O[C@H]3[C@@H](CC=O)C[C@@H](C)[C@@H](O)/C=C/C=C/C[C@@H](C)OC(=O)C[C@H](OC/C=C\c4cnc5ccccc5c4)[C@@H]3OC)O[C@@H]2C)C[C@@]1(C)O. The number of benzene rings is 1. The zero-order chi connectivity index (χ0) is 48.1. The van der Waals surface area contributed by atoms with Crippen LogP contribution in [0.25, 0.3) is 17.0 Å². The first-order chi connectivity index (χ1) is 31.5. The molecule has 0 spiro atoms. The molecule has 2 saturated heterocycles. The van der Waals surface area contributed by atoms with Gasteiger partial charge in [0.1, 0.15) is 36.3 Å². The van der Waals surface area contributed by atoms with Crippen molar-refractivity contribution < 1.29 is 67.6 Å². The van der Waals surface area contributed by atoms with Gasteiger partial charge in [-0.25, -0.2) is 0 Å². The van der Waals surface area contributed by atoms with Crippen molar-refractivity contribution in [3.05, 3.63) is 72.5 Å². The molecule has 0 bridgehead atoms. The molecule has 0 saturated carbocycles. The fraction of sp³-hybridized carbons (Fsp3) is 0.640. The molecular weight excluding hydrogens is 853 g/mol. The molecule has 366 valence electrons. The van der Waals surface area contributed by atoms with Crippen molar-refractivity contribution in [3.8, 4) is 0 Å². The van der Waals surface area contributed by atoms with Crippen LogP contribution in [0.1, 0.15) is 85.6 Å². The number of aldehydes is 1. The number of aliphatic hydroxyl groups is 3. The van der Waals surface area contributed by atoms with Gasteiger partial charge in [0.25, 0.3) is 0 Å². The molecule has 0 amide bonds. The minimum atomic E-state index is -1.49. The standard InChI is InChI=1S/C50H72N2O14/c1-10-40(55)64-48-33(5)62-42(28-50(48,6)58)65-45-32(4)63-49(44(57)43(45)52(7)8)66-46-36(22-23-53)25-30(2)38(54)21-13-11-12-17-31(3)61-41(56)27-39(47(46)59-9)60-24-16-18-34-26-35-19-14-15-20-37(35)51-29-34/h11-16,18-21,23,26,29-33,36,38-39,42-49,54,57-58H,10,17,22,24-25,27-28H2,1-9H3/b12-11+,18-16-,21-13+/t30-,31-,32-,33+,36+,38+,39+,42+,43-,44-,45-,46+,47+,48+,49+,50-/m1/s1. The second-order valence-electron chi connectivity index (χ2n) is 18.3. The lowest BCUT2D eigenvalue weighted by atomic mass is 9.82. The number of likely N-dealkylation sites (N-methyl/N-ethyl adjacent to an activating group) is 1. The number of esters is 2. The van der Waals surface area contributed by atoms with Crippen molar-refractivity contribution >= 4 is 35.2 Å². The van der Waals surface area contributed by atoms with Gasteiger partial charge in [0.2, 0.25) is 0 Å². The maximum Gasteiger partial charge on any atom is 0.308 e. The van der Waals surface area contributed by atoms with Crippen LogP contribution >= 0.6 is 0 Å². The Morgan fingerprint density at radius 1 is 1.03 bits per heavy atom. The number of methoxy groups -OCH3 is 1. The molecule has 3 aliphatic heterocycles. The minimum Gasteiger partial charge on any atom is -0.462 e. The van der Waals surface area contributed by atoms with Gasteiger partial charge in [-0.2, -0.15) is 0 Å². The summed E-state index contributed by atoms with van der Waals surface area (Å²) in [5, 5.41) is 35.9. The van der Waals surface area contributed by atoms with Crippen LogP contribution in [0.4, 0.5) is 0 Å². The van der Waals surface area contributed by atoms with E-state index >= 15 is 0 Å². The van der Waals surface area contributed by atoms with Gasteiger partial charge in [-0.1, -0.05) is 68.5 Å². The zero-order valence-corrected chi connectivity index (χ0v) is 39.8. The topological polar surface area (TPSA) is 202 Å². The van der Waals surface area contributed by atoms with Crippen molar-refractivity contribution in [1.82, 2.24) is 9.88 Å². The van der Waals surface area contributed by atoms with Gasteiger partial charge < -0.3 is 62.9 Å². The van der Waals surface area contributed by atoms with Crippen molar-refractivity contribution in [2.45, 2.75) is 165 Å². The van der Waals surface area contributed by atoms with Crippen LogP contribution in [0.15, 0.2) is 66.9 Å². The number of pyridine rings is 1. The van der Waals surface area contributed by atoms with E-state index in [1.807, 2.05) is 55.5 Å². The number of cyclic esters (lactones) is 1. The Bertz CT molecular complexity index is 1960. The highest BCUT2D eigenvalue weighted by Crippen LogP contribution is 2.38. The van der Waals surface area contributed by atoms with Crippen LogP contribution < -0.4 is 0 Å². The molecule has 3 aliphatic rings. The normalized spacial score (nSPS) is 37.3. The summed E-state index contributed by atoms with van der Waals surface area (Å²) in [6.07, 6.45) is 2.54. The average molecular weight is 925 g/mol. The Balaban J connectivity index is 1.46. The number of carbonyl (C=O) groups excluding carboxylic acids is 3. The van der Waals surface area contributed by atoms with Gasteiger partial charge in [-0.05, 0) is 77.7 Å². The summed E-state index contributed by atoms with van der Waals surface area (Å²) in [6.45, 7) is 10.4. The van der Waals surface area contributed by atoms with E-state index in [2.05, 4.69) is 4.98 Å². The predicted octanol–water partition coefficient (Wildman–Crippen LogP) is 5.09. The van der Waals surface area contributed by atoms with E-state index in [9.17, 15) is 29.7 Å². The summed E-state index contributed by atoms with van der Waals surface area (Å²) in [7, 11) is 5.03. The van der Waals surface area contributed by atoms with E-state index in [0.717, 1.165) is 22.8 Å². The van der Waals surface area contributed by atoms with Gasteiger partial charge >= 0.3 is 11.9 Å². The molecule has 2 aromatic rings. The highest BCUT2D eigenvalue weighted by Gasteiger charge is 2.53. The van der Waals surface area contributed by atoms with Gasteiger partial charge in [-0.15, -0.1) is 0 Å². The fourth-order valence-corrected chi connectivity index (χ4v) is 9.15. The second kappa shape index (κ2) is 24.9. The number of aromatic nitrogens is 1. The smallest absolute Gasteiger partial charge is 0.308 e. The Morgan fingerprint density at radius 2 is 1.79 bits per heavy atom. The highest BCUT2D eigenvalue weighted by molar-refractivity contribution is 5.80. The van der Waals surface area contributed by atoms with Crippen molar-refractivity contribution in [1.29, 1.82) is 0 Å². The fourth-order valence-electron chi connectivity index (χ4n) is 9.15. The number of allylic oxidation sites excluding steroid dienone is 2. The molecule has 5 rings (SSSR count). The first kappa shape index (κ1) is 53.0. The van der Waals surface area contributed by atoms with E-state index in [-0.39, 0.29) is 44.6 Å². The van der Waals surface area contributed by atoms with E-state index < -0.39 is 103 Å². The molecule has 1 aromatic heterocycles. The lowest BCUT2D eigenvalue weighted by molar-refractivity contribution is -0.344. The van der Waals surface area contributed by atoms with Crippen LogP contribution in [-0.2, 0) is 52.3 Å². The molecule has 16 heteroatoms. The van der Waals surface area contributed by atoms with Gasteiger partial charge in [0.15, 0.2) is 18.7 Å². The number of hydrogen-bond donors (Lipinski definition) is 3.